The lowest BCUT2D eigenvalue weighted by molar-refractivity contribution is -0.670. The summed E-state index contributed by atoms with van der Waals surface area (Å²) in [4.78, 5) is 0. The first-order valence-corrected chi connectivity index (χ1v) is 5.45. The normalized spacial score (nSPS) is 10.3. The van der Waals surface area contributed by atoms with Crippen LogP contribution in [-0.2, 0) is 13.0 Å². The van der Waals surface area contributed by atoms with Crippen LogP contribution in [0.1, 0.15) is 11.9 Å². The summed E-state index contributed by atoms with van der Waals surface area (Å²) in [5.74, 6) is 0. The van der Waals surface area contributed by atoms with E-state index in [-0.39, 0.29) is 0 Å². The number of rotatable bonds is 2. The minimum absolute atomic E-state index is 0.507. The highest BCUT2D eigenvalue weighted by Gasteiger charge is 2.17. The van der Waals surface area contributed by atoms with Gasteiger partial charge in [-0.25, -0.2) is 0 Å². The van der Waals surface area contributed by atoms with Gasteiger partial charge in [0.05, 0.1) is 6.07 Å². The molecule has 0 spiro atoms. The highest BCUT2D eigenvalue weighted by Crippen LogP contribution is 2.20. The lowest BCUT2D eigenvalue weighted by Crippen LogP contribution is -2.34. The Kier molecular flexibility index (Phi) is 2.47. The molecule has 0 aliphatic rings. The molecule has 0 aliphatic carbocycles. The summed E-state index contributed by atoms with van der Waals surface area (Å²) in [5, 5.41) is 9.86. The van der Waals surface area contributed by atoms with Gasteiger partial charge >= 0.3 is 0 Å². The van der Waals surface area contributed by atoms with Gasteiger partial charge in [0.2, 0.25) is 5.52 Å². The van der Waals surface area contributed by atoms with Gasteiger partial charge < -0.3 is 0 Å². The van der Waals surface area contributed by atoms with Crippen LogP contribution in [0.15, 0.2) is 24.3 Å². The highest BCUT2D eigenvalue weighted by molar-refractivity contribution is 7.18. The molecule has 0 saturated heterocycles. The number of benzene rings is 1. The zero-order valence-corrected chi connectivity index (χ0v) is 8.84. The number of hydrogen-bond acceptors (Lipinski definition) is 2. The van der Waals surface area contributed by atoms with Crippen LogP contribution in [-0.4, -0.2) is 0 Å². The Hall–Kier alpha value is -1.40. The molecule has 14 heavy (non-hydrogen) atoms. The Morgan fingerprint density at radius 1 is 1.43 bits per heavy atom. The first-order valence-electron chi connectivity index (χ1n) is 4.64. The molecule has 0 N–H and O–H groups in total. The maximum atomic E-state index is 8.71. The molecule has 1 aromatic heterocycles. The van der Waals surface area contributed by atoms with Crippen LogP contribution in [0.5, 0.6) is 0 Å². The van der Waals surface area contributed by atoms with E-state index in [0.717, 1.165) is 11.6 Å². The fraction of sp³-hybridized carbons (Fsp3) is 0.273. The predicted octanol–water partition coefficient (Wildman–Crippen LogP) is 2.27. The van der Waals surface area contributed by atoms with Crippen LogP contribution in [0.2, 0.25) is 0 Å². The van der Waals surface area contributed by atoms with E-state index in [1.807, 2.05) is 12.1 Å². The molecule has 0 aliphatic heterocycles. The van der Waals surface area contributed by atoms with Gasteiger partial charge in [0.25, 0.3) is 5.01 Å². The van der Waals surface area contributed by atoms with Gasteiger partial charge in [0.15, 0.2) is 0 Å². The van der Waals surface area contributed by atoms with Gasteiger partial charge in [-0.15, -0.1) is 0 Å². The molecule has 0 bridgehead atoms. The van der Waals surface area contributed by atoms with Crippen LogP contribution in [0.3, 0.4) is 0 Å². The van der Waals surface area contributed by atoms with E-state index in [2.05, 4.69) is 29.7 Å². The number of aromatic nitrogens is 1. The first-order chi connectivity index (χ1) is 6.86. The third kappa shape index (κ3) is 1.38. The topological polar surface area (TPSA) is 27.7 Å². The van der Waals surface area contributed by atoms with Crippen molar-refractivity contribution in [3.05, 3.63) is 29.3 Å². The summed E-state index contributed by atoms with van der Waals surface area (Å²) >= 11 is 1.71. The maximum Gasteiger partial charge on any atom is 0.252 e. The fourth-order valence-electron chi connectivity index (χ4n) is 1.63. The Morgan fingerprint density at radius 3 is 2.93 bits per heavy atom. The molecule has 0 atom stereocenters. The van der Waals surface area contributed by atoms with Crippen molar-refractivity contribution in [3.63, 3.8) is 0 Å². The van der Waals surface area contributed by atoms with E-state index >= 15 is 0 Å². The quantitative estimate of drug-likeness (QED) is 0.688. The first kappa shape index (κ1) is 9.17. The van der Waals surface area contributed by atoms with Gasteiger partial charge in [0.1, 0.15) is 17.7 Å². The molecular formula is C11H11N2S+. The molecule has 0 saturated carbocycles. The lowest BCUT2D eigenvalue weighted by Gasteiger charge is -1.90. The second kappa shape index (κ2) is 3.77. The second-order valence-electron chi connectivity index (χ2n) is 3.04. The van der Waals surface area contributed by atoms with Gasteiger partial charge in [-0.3, -0.25) is 0 Å². The summed E-state index contributed by atoms with van der Waals surface area (Å²) in [6.07, 6.45) is 0.507. The summed E-state index contributed by atoms with van der Waals surface area (Å²) in [7, 11) is 0. The van der Waals surface area contributed by atoms with Crippen LogP contribution in [0.25, 0.3) is 10.2 Å². The molecule has 2 rings (SSSR count). The SMILES string of the molecule is CC[n+]1c(CC#N)sc2ccccc21. The lowest BCUT2D eigenvalue weighted by atomic mass is 10.3. The minimum atomic E-state index is 0.507. The summed E-state index contributed by atoms with van der Waals surface area (Å²) in [6.45, 7) is 3.04. The molecular weight excluding hydrogens is 192 g/mol. The Morgan fingerprint density at radius 2 is 2.21 bits per heavy atom. The van der Waals surface area contributed by atoms with E-state index in [1.54, 1.807) is 11.3 Å². The van der Waals surface area contributed by atoms with Gasteiger partial charge in [0, 0.05) is 6.07 Å². The molecule has 1 aromatic carbocycles. The van der Waals surface area contributed by atoms with Crippen molar-refractivity contribution < 1.29 is 4.57 Å². The van der Waals surface area contributed by atoms with Crippen LogP contribution in [0.4, 0.5) is 0 Å². The monoisotopic (exact) mass is 203 g/mol. The number of fused-ring (bicyclic) bond motifs is 1. The number of para-hydroxylation sites is 1. The van der Waals surface area contributed by atoms with Crippen molar-refractivity contribution in [3.8, 4) is 6.07 Å². The van der Waals surface area contributed by atoms with Crippen molar-refractivity contribution >= 4 is 21.6 Å². The largest absolute Gasteiger partial charge is 0.252 e. The van der Waals surface area contributed by atoms with E-state index in [9.17, 15) is 0 Å². The van der Waals surface area contributed by atoms with Crippen molar-refractivity contribution in [2.45, 2.75) is 19.9 Å². The smallest absolute Gasteiger partial charge is 0.198 e. The molecule has 70 valence electrons. The second-order valence-corrected chi connectivity index (χ2v) is 4.16. The Labute approximate surface area is 87.0 Å². The van der Waals surface area contributed by atoms with E-state index in [1.165, 1.54) is 10.2 Å². The average Bonchev–Trinajstić information content (AvgIpc) is 2.55. The predicted molar refractivity (Wildman–Crippen MR) is 57.0 cm³/mol. The zero-order chi connectivity index (χ0) is 9.97. The van der Waals surface area contributed by atoms with Crippen LogP contribution in [0, 0.1) is 11.3 Å². The van der Waals surface area contributed by atoms with Crippen LogP contribution < -0.4 is 4.57 Å². The molecule has 0 radical (unpaired) electrons. The number of nitriles is 1. The fourth-order valence-corrected chi connectivity index (χ4v) is 2.79. The third-order valence-electron chi connectivity index (χ3n) is 2.23. The highest BCUT2D eigenvalue weighted by atomic mass is 32.1. The molecule has 2 aromatic rings. The minimum Gasteiger partial charge on any atom is -0.198 e. The summed E-state index contributed by atoms with van der Waals surface area (Å²) in [6, 6.07) is 10.5. The standard InChI is InChI=1S/C11H11N2S/c1-2-13-9-5-3-4-6-10(9)14-11(13)7-8-12/h3-6H,2,7H2,1H3/q+1. The van der Waals surface area contributed by atoms with Crippen molar-refractivity contribution in [2.24, 2.45) is 0 Å². The molecule has 1 heterocycles. The average molecular weight is 203 g/mol. The summed E-state index contributed by atoms with van der Waals surface area (Å²) in [5.41, 5.74) is 1.24. The molecule has 2 nitrogen and oxygen atoms in total. The van der Waals surface area contributed by atoms with Crippen molar-refractivity contribution in [1.29, 1.82) is 5.26 Å². The zero-order valence-electron chi connectivity index (χ0n) is 8.03. The Balaban J connectivity index is 2.67. The van der Waals surface area contributed by atoms with Gasteiger partial charge in [-0.05, 0) is 13.0 Å². The van der Waals surface area contributed by atoms with Gasteiger partial charge in [-0.1, -0.05) is 23.5 Å². The number of aryl methyl sites for hydroxylation is 1. The molecule has 0 fully saturated rings. The number of thiazole rings is 1. The van der Waals surface area contributed by atoms with Crippen molar-refractivity contribution in [2.75, 3.05) is 0 Å². The number of nitrogens with zero attached hydrogens (tertiary/aromatic N) is 2. The molecule has 0 unspecified atom stereocenters. The maximum absolute atomic E-state index is 8.71. The molecule has 3 heteroatoms. The number of hydrogen-bond donors (Lipinski definition) is 0. The molecule has 0 amide bonds. The summed E-state index contributed by atoms with van der Waals surface area (Å²) < 4.78 is 3.48. The van der Waals surface area contributed by atoms with Crippen LogP contribution >= 0.6 is 11.3 Å². The third-order valence-corrected chi connectivity index (χ3v) is 3.40. The Bertz CT molecular complexity index is 493. The van der Waals surface area contributed by atoms with Crippen molar-refractivity contribution in [1.82, 2.24) is 0 Å². The van der Waals surface area contributed by atoms with E-state index < -0.39 is 0 Å². The van der Waals surface area contributed by atoms with E-state index in [4.69, 9.17) is 5.26 Å². The van der Waals surface area contributed by atoms with Gasteiger partial charge in [-0.2, -0.15) is 9.83 Å². The van der Waals surface area contributed by atoms with E-state index in [0.29, 0.717) is 6.42 Å².